The predicted molar refractivity (Wildman–Crippen MR) is 34.7 cm³/mol. The smallest absolute Gasteiger partial charge is 0.145 e. The molecule has 0 aliphatic rings. The highest BCUT2D eigenvalue weighted by molar-refractivity contribution is 14.1. The summed E-state index contributed by atoms with van der Waals surface area (Å²) in [5.41, 5.74) is 0. The van der Waals surface area contributed by atoms with Gasteiger partial charge in [-0.05, 0) is 22.6 Å². The van der Waals surface area contributed by atoms with Crippen LogP contribution in [0.5, 0.6) is 0 Å². The van der Waals surface area contributed by atoms with Crippen molar-refractivity contribution in [3.63, 3.8) is 0 Å². The first-order valence-electron chi connectivity index (χ1n) is 1.93. The van der Waals surface area contributed by atoms with E-state index in [0.717, 1.165) is 6.20 Å². The van der Waals surface area contributed by atoms with E-state index in [0.29, 0.717) is 3.70 Å². The Kier molecular flexibility index (Phi) is 1.72. The predicted octanol–water partition coefficient (Wildman–Crippen LogP) is 1.22. The number of rotatable bonds is 0. The molecule has 0 aliphatic carbocycles. The van der Waals surface area contributed by atoms with Crippen molar-refractivity contribution in [3.8, 4) is 0 Å². The Morgan fingerprint density at radius 3 is 2.75 bits per heavy atom. The van der Waals surface area contributed by atoms with Crippen LogP contribution in [0, 0.1) is 9.52 Å². The van der Waals surface area contributed by atoms with Gasteiger partial charge in [0.05, 0.1) is 6.20 Å². The zero-order valence-corrected chi connectivity index (χ0v) is 5.96. The van der Waals surface area contributed by atoms with E-state index >= 15 is 0 Å². The molecule has 0 fully saturated rings. The first-order chi connectivity index (χ1) is 3.79. The maximum atomic E-state index is 12.1. The lowest BCUT2D eigenvalue weighted by Crippen LogP contribution is -1.85. The van der Waals surface area contributed by atoms with Gasteiger partial charge in [0.2, 0.25) is 0 Å². The largest absolute Gasteiger partial charge is 0.205 e. The molecule has 4 heteroatoms. The summed E-state index contributed by atoms with van der Waals surface area (Å²) in [5.74, 6) is -0.343. The minimum absolute atomic E-state index is 0.343. The summed E-state index contributed by atoms with van der Waals surface area (Å²) >= 11 is 1.89. The van der Waals surface area contributed by atoms with Crippen LogP contribution in [-0.4, -0.2) is 10.2 Å². The van der Waals surface area contributed by atoms with Crippen LogP contribution in [0.2, 0.25) is 0 Å². The van der Waals surface area contributed by atoms with Gasteiger partial charge in [-0.1, -0.05) is 0 Å². The molecule has 8 heavy (non-hydrogen) atoms. The van der Waals surface area contributed by atoms with Crippen molar-refractivity contribution in [1.82, 2.24) is 10.2 Å². The van der Waals surface area contributed by atoms with Crippen molar-refractivity contribution in [2.45, 2.75) is 0 Å². The van der Waals surface area contributed by atoms with Crippen LogP contribution in [0.3, 0.4) is 0 Å². The maximum Gasteiger partial charge on any atom is 0.145 e. The summed E-state index contributed by atoms with van der Waals surface area (Å²) in [7, 11) is 0. The summed E-state index contributed by atoms with van der Waals surface area (Å²) in [4.78, 5) is 0. The molecule has 1 heterocycles. The first kappa shape index (κ1) is 5.87. The summed E-state index contributed by atoms with van der Waals surface area (Å²) in [6.45, 7) is 0. The van der Waals surface area contributed by atoms with Crippen LogP contribution in [0.15, 0.2) is 12.3 Å². The van der Waals surface area contributed by atoms with E-state index in [2.05, 4.69) is 10.2 Å². The fourth-order valence-corrected chi connectivity index (χ4v) is 0.741. The molecule has 0 radical (unpaired) electrons. The van der Waals surface area contributed by atoms with Crippen molar-refractivity contribution in [3.05, 3.63) is 21.8 Å². The first-order valence-corrected chi connectivity index (χ1v) is 3.00. The molecule has 1 aromatic rings. The van der Waals surface area contributed by atoms with E-state index in [4.69, 9.17) is 0 Å². The van der Waals surface area contributed by atoms with Gasteiger partial charge < -0.3 is 0 Å². The molecule has 42 valence electrons. The third-order valence-electron chi connectivity index (χ3n) is 0.591. The van der Waals surface area contributed by atoms with Crippen LogP contribution < -0.4 is 0 Å². The van der Waals surface area contributed by atoms with E-state index in [9.17, 15) is 4.39 Å². The van der Waals surface area contributed by atoms with Crippen LogP contribution in [0.4, 0.5) is 4.39 Å². The van der Waals surface area contributed by atoms with Gasteiger partial charge in [0.1, 0.15) is 9.52 Å². The van der Waals surface area contributed by atoms with Gasteiger partial charge in [-0.2, -0.15) is 5.10 Å². The van der Waals surface area contributed by atoms with Crippen molar-refractivity contribution in [2.75, 3.05) is 0 Å². The summed E-state index contributed by atoms with van der Waals surface area (Å²) in [6, 6.07) is 1.31. The van der Waals surface area contributed by atoms with Crippen LogP contribution in [0.25, 0.3) is 0 Å². The SMILES string of the molecule is Fc1cnnc(I)c1. The average Bonchev–Trinajstić information content (AvgIpc) is 1.64. The molecule has 0 atom stereocenters. The molecule has 2 nitrogen and oxygen atoms in total. The molecule has 0 aromatic carbocycles. The summed E-state index contributed by atoms with van der Waals surface area (Å²) in [5, 5.41) is 6.89. The second kappa shape index (κ2) is 2.34. The van der Waals surface area contributed by atoms with Gasteiger partial charge in [0.15, 0.2) is 0 Å². The highest BCUT2D eigenvalue weighted by Crippen LogP contribution is 1.98. The molecule has 0 saturated heterocycles. The van der Waals surface area contributed by atoms with Crippen molar-refractivity contribution in [1.29, 1.82) is 0 Å². The van der Waals surface area contributed by atoms with E-state index in [-0.39, 0.29) is 5.82 Å². The lowest BCUT2D eigenvalue weighted by molar-refractivity contribution is 0.612. The molecule has 1 aromatic heterocycles. The lowest BCUT2D eigenvalue weighted by Gasteiger charge is -1.83. The monoisotopic (exact) mass is 224 g/mol. The molecular weight excluding hydrogens is 222 g/mol. The van der Waals surface area contributed by atoms with E-state index in [1.165, 1.54) is 6.07 Å². The number of nitrogens with zero attached hydrogens (tertiary/aromatic N) is 2. The van der Waals surface area contributed by atoms with Gasteiger partial charge in [0.25, 0.3) is 0 Å². The second-order valence-electron chi connectivity index (χ2n) is 1.20. The van der Waals surface area contributed by atoms with E-state index < -0.39 is 0 Å². The van der Waals surface area contributed by atoms with Gasteiger partial charge >= 0.3 is 0 Å². The molecule has 0 unspecified atom stereocenters. The Hall–Kier alpha value is -0.260. The zero-order valence-electron chi connectivity index (χ0n) is 3.81. The van der Waals surface area contributed by atoms with Crippen molar-refractivity contribution in [2.24, 2.45) is 0 Å². The third kappa shape index (κ3) is 1.36. The van der Waals surface area contributed by atoms with Crippen LogP contribution >= 0.6 is 22.6 Å². The molecule has 0 bridgehead atoms. The molecule has 0 saturated carbocycles. The van der Waals surface area contributed by atoms with Crippen molar-refractivity contribution >= 4 is 22.6 Å². The highest BCUT2D eigenvalue weighted by atomic mass is 127. The quantitative estimate of drug-likeness (QED) is 0.619. The number of hydrogen-bond acceptors (Lipinski definition) is 2. The Bertz CT molecular complexity index is 174. The number of hydrogen-bond donors (Lipinski definition) is 0. The van der Waals surface area contributed by atoms with Gasteiger partial charge in [-0.3, -0.25) is 0 Å². The Morgan fingerprint density at radius 2 is 2.38 bits per heavy atom. The molecule has 0 amide bonds. The summed E-state index contributed by atoms with van der Waals surface area (Å²) in [6.07, 6.45) is 1.07. The number of halogens is 2. The fraction of sp³-hybridized carbons (Fsp3) is 0. The minimum atomic E-state index is -0.343. The average molecular weight is 224 g/mol. The normalized spacial score (nSPS) is 9.25. The van der Waals surface area contributed by atoms with Gasteiger partial charge in [0, 0.05) is 6.07 Å². The fourth-order valence-electron chi connectivity index (χ4n) is 0.319. The Morgan fingerprint density at radius 1 is 1.62 bits per heavy atom. The molecular formula is C4H2FIN2. The third-order valence-corrected chi connectivity index (χ3v) is 1.12. The van der Waals surface area contributed by atoms with Crippen molar-refractivity contribution < 1.29 is 4.39 Å². The topological polar surface area (TPSA) is 25.8 Å². The van der Waals surface area contributed by atoms with Gasteiger partial charge in [-0.25, -0.2) is 4.39 Å². The van der Waals surface area contributed by atoms with Crippen LogP contribution in [0.1, 0.15) is 0 Å². The van der Waals surface area contributed by atoms with Gasteiger partial charge in [-0.15, -0.1) is 5.10 Å². The van der Waals surface area contributed by atoms with E-state index in [1.54, 1.807) is 0 Å². The van der Waals surface area contributed by atoms with Crippen LogP contribution in [-0.2, 0) is 0 Å². The molecule has 0 N–H and O–H groups in total. The lowest BCUT2D eigenvalue weighted by atomic mass is 10.6. The Balaban J connectivity index is 3.08. The minimum Gasteiger partial charge on any atom is -0.205 e. The zero-order chi connectivity index (χ0) is 5.98. The highest BCUT2D eigenvalue weighted by Gasteiger charge is 1.89. The molecule has 1 rings (SSSR count). The number of aromatic nitrogens is 2. The maximum absolute atomic E-state index is 12.1. The Labute approximate surface area is 59.3 Å². The molecule has 0 spiro atoms. The second-order valence-corrected chi connectivity index (χ2v) is 2.30. The summed E-state index contributed by atoms with van der Waals surface area (Å²) < 4.78 is 12.6. The molecule has 0 aliphatic heterocycles. The standard InChI is InChI=1S/C4H2FIN2/c5-3-1-4(6)8-7-2-3/h1-2H. The van der Waals surface area contributed by atoms with E-state index in [1.807, 2.05) is 22.6 Å².